The highest BCUT2D eigenvalue weighted by atomic mass is 15.1. The minimum atomic E-state index is 0.354. The molecule has 4 unspecified atom stereocenters. The highest BCUT2D eigenvalue weighted by Gasteiger charge is 2.32. The van der Waals surface area contributed by atoms with E-state index in [0.717, 1.165) is 24.9 Å². The zero-order valence-electron chi connectivity index (χ0n) is 13.5. The molecule has 0 bridgehead atoms. The number of anilines is 1. The molecule has 20 heavy (non-hydrogen) atoms. The molecule has 1 aromatic rings. The van der Waals surface area contributed by atoms with Gasteiger partial charge in [0.2, 0.25) is 0 Å². The molecule has 0 spiro atoms. The molecule has 0 aromatic heterocycles. The zero-order chi connectivity index (χ0) is 14.7. The lowest BCUT2D eigenvalue weighted by molar-refractivity contribution is 0.177. The Morgan fingerprint density at radius 1 is 1.25 bits per heavy atom. The molecule has 1 aromatic carbocycles. The van der Waals surface area contributed by atoms with Crippen LogP contribution in [0.4, 0.5) is 5.69 Å². The maximum Gasteiger partial charge on any atom is 0.0368 e. The van der Waals surface area contributed by atoms with Crippen LogP contribution in [-0.2, 0) is 0 Å². The second-order valence-electron chi connectivity index (χ2n) is 6.76. The minimum absolute atomic E-state index is 0.354. The number of aryl methyl sites for hydroxylation is 1. The third kappa shape index (κ3) is 3.54. The Morgan fingerprint density at radius 2 is 2.00 bits per heavy atom. The normalized spacial score (nSPS) is 30.2. The molecule has 2 heteroatoms. The van der Waals surface area contributed by atoms with Gasteiger partial charge in [0.15, 0.2) is 0 Å². The SMILES string of the molecule is CCN(CC1C(C)CC(C)CC1N)c1cccc(C)c1. The van der Waals surface area contributed by atoms with Crippen molar-refractivity contribution in [3.8, 4) is 0 Å². The van der Waals surface area contributed by atoms with E-state index in [1.807, 2.05) is 0 Å². The molecule has 1 aliphatic carbocycles. The molecule has 4 atom stereocenters. The van der Waals surface area contributed by atoms with Crippen LogP contribution in [0.2, 0.25) is 0 Å². The van der Waals surface area contributed by atoms with Crippen molar-refractivity contribution in [3.05, 3.63) is 29.8 Å². The van der Waals surface area contributed by atoms with Crippen LogP contribution in [0.1, 0.15) is 39.2 Å². The van der Waals surface area contributed by atoms with E-state index in [9.17, 15) is 0 Å². The Labute approximate surface area is 124 Å². The quantitative estimate of drug-likeness (QED) is 0.904. The smallest absolute Gasteiger partial charge is 0.0368 e. The van der Waals surface area contributed by atoms with Crippen LogP contribution in [-0.4, -0.2) is 19.1 Å². The molecule has 0 aliphatic heterocycles. The Balaban J connectivity index is 2.09. The van der Waals surface area contributed by atoms with Crippen LogP contribution in [0.3, 0.4) is 0 Å². The zero-order valence-corrected chi connectivity index (χ0v) is 13.5. The fourth-order valence-corrected chi connectivity index (χ4v) is 3.78. The first kappa shape index (κ1) is 15.4. The first-order valence-corrected chi connectivity index (χ1v) is 8.08. The van der Waals surface area contributed by atoms with Crippen molar-refractivity contribution in [2.24, 2.45) is 23.5 Å². The summed E-state index contributed by atoms with van der Waals surface area (Å²) in [5.41, 5.74) is 9.11. The van der Waals surface area contributed by atoms with Crippen LogP contribution >= 0.6 is 0 Å². The third-order valence-corrected chi connectivity index (χ3v) is 4.91. The van der Waals surface area contributed by atoms with Gasteiger partial charge in [-0.3, -0.25) is 0 Å². The van der Waals surface area contributed by atoms with Gasteiger partial charge in [-0.15, -0.1) is 0 Å². The van der Waals surface area contributed by atoms with E-state index >= 15 is 0 Å². The van der Waals surface area contributed by atoms with Gasteiger partial charge in [0.25, 0.3) is 0 Å². The van der Waals surface area contributed by atoms with Gasteiger partial charge in [0, 0.05) is 24.8 Å². The van der Waals surface area contributed by atoms with Crippen LogP contribution < -0.4 is 10.6 Å². The summed E-state index contributed by atoms with van der Waals surface area (Å²) in [4.78, 5) is 2.49. The van der Waals surface area contributed by atoms with Gasteiger partial charge in [-0.25, -0.2) is 0 Å². The Kier molecular flexibility index (Phi) is 5.09. The van der Waals surface area contributed by atoms with Crippen LogP contribution in [0.25, 0.3) is 0 Å². The summed E-state index contributed by atoms with van der Waals surface area (Å²) in [7, 11) is 0. The largest absolute Gasteiger partial charge is 0.371 e. The topological polar surface area (TPSA) is 29.3 Å². The molecule has 0 radical (unpaired) electrons. The summed E-state index contributed by atoms with van der Waals surface area (Å²) < 4.78 is 0. The fourth-order valence-electron chi connectivity index (χ4n) is 3.78. The number of hydrogen-bond acceptors (Lipinski definition) is 2. The number of benzene rings is 1. The van der Waals surface area contributed by atoms with Crippen molar-refractivity contribution >= 4 is 5.69 Å². The molecule has 112 valence electrons. The molecule has 2 rings (SSSR count). The summed E-state index contributed by atoms with van der Waals surface area (Å²) in [6.07, 6.45) is 2.50. The fraction of sp³-hybridized carbons (Fsp3) is 0.667. The van der Waals surface area contributed by atoms with Crippen molar-refractivity contribution < 1.29 is 0 Å². The van der Waals surface area contributed by atoms with Crippen molar-refractivity contribution in [1.29, 1.82) is 0 Å². The Bertz CT molecular complexity index is 417. The molecule has 0 saturated heterocycles. The van der Waals surface area contributed by atoms with Gasteiger partial charge in [-0.2, -0.15) is 0 Å². The lowest BCUT2D eigenvalue weighted by Crippen LogP contribution is -2.46. The maximum atomic E-state index is 6.44. The second-order valence-corrected chi connectivity index (χ2v) is 6.76. The molecule has 2 N–H and O–H groups in total. The Hall–Kier alpha value is -1.02. The maximum absolute atomic E-state index is 6.44. The predicted molar refractivity (Wildman–Crippen MR) is 88.1 cm³/mol. The van der Waals surface area contributed by atoms with E-state index in [1.54, 1.807) is 0 Å². The number of rotatable bonds is 4. The van der Waals surface area contributed by atoms with Crippen LogP contribution in [0.15, 0.2) is 24.3 Å². The van der Waals surface area contributed by atoms with Gasteiger partial charge in [-0.1, -0.05) is 26.0 Å². The molecule has 0 heterocycles. The highest BCUT2D eigenvalue weighted by molar-refractivity contribution is 5.48. The van der Waals surface area contributed by atoms with Gasteiger partial charge < -0.3 is 10.6 Å². The van der Waals surface area contributed by atoms with Crippen molar-refractivity contribution in [2.45, 2.75) is 46.6 Å². The third-order valence-electron chi connectivity index (χ3n) is 4.91. The van der Waals surface area contributed by atoms with Gasteiger partial charge >= 0.3 is 0 Å². The molecule has 1 fully saturated rings. The van der Waals surface area contributed by atoms with E-state index in [-0.39, 0.29) is 0 Å². The predicted octanol–water partition coefficient (Wildman–Crippen LogP) is 3.83. The lowest BCUT2D eigenvalue weighted by atomic mass is 9.72. The number of nitrogens with zero attached hydrogens (tertiary/aromatic N) is 1. The van der Waals surface area contributed by atoms with Gasteiger partial charge in [0.05, 0.1) is 0 Å². The summed E-state index contributed by atoms with van der Waals surface area (Å²) >= 11 is 0. The van der Waals surface area contributed by atoms with Crippen molar-refractivity contribution in [3.63, 3.8) is 0 Å². The van der Waals surface area contributed by atoms with E-state index in [0.29, 0.717) is 12.0 Å². The lowest BCUT2D eigenvalue weighted by Gasteiger charge is -2.41. The van der Waals surface area contributed by atoms with Crippen molar-refractivity contribution in [2.75, 3.05) is 18.0 Å². The average molecular weight is 274 g/mol. The van der Waals surface area contributed by atoms with E-state index < -0.39 is 0 Å². The molecule has 2 nitrogen and oxygen atoms in total. The second kappa shape index (κ2) is 6.62. The standard InChI is InChI=1S/C18H30N2/c1-5-20(16-8-6-7-13(2)10-16)12-17-15(4)9-14(3)11-18(17)19/h6-8,10,14-15,17-18H,5,9,11-12,19H2,1-4H3. The minimum Gasteiger partial charge on any atom is -0.371 e. The van der Waals surface area contributed by atoms with Crippen molar-refractivity contribution in [1.82, 2.24) is 0 Å². The summed E-state index contributed by atoms with van der Waals surface area (Å²) in [6.45, 7) is 11.3. The van der Waals surface area contributed by atoms with Crippen LogP contribution in [0, 0.1) is 24.7 Å². The highest BCUT2D eigenvalue weighted by Crippen LogP contribution is 2.34. The van der Waals surface area contributed by atoms with Gasteiger partial charge in [0.1, 0.15) is 0 Å². The van der Waals surface area contributed by atoms with Gasteiger partial charge in [-0.05, 0) is 62.1 Å². The molecule has 0 amide bonds. The summed E-state index contributed by atoms with van der Waals surface area (Å²) in [5.74, 6) is 2.13. The molecule has 1 aliphatic rings. The molecular formula is C18H30N2. The van der Waals surface area contributed by atoms with E-state index in [1.165, 1.54) is 24.1 Å². The number of hydrogen-bond donors (Lipinski definition) is 1. The monoisotopic (exact) mass is 274 g/mol. The van der Waals surface area contributed by atoms with Crippen LogP contribution in [0.5, 0.6) is 0 Å². The summed E-state index contributed by atoms with van der Waals surface area (Å²) in [5, 5.41) is 0. The average Bonchev–Trinajstić information content (AvgIpc) is 2.38. The summed E-state index contributed by atoms with van der Waals surface area (Å²) in [6, 6.07) is 9.17. The first-order valence-electron chi connectivity index (χ1n) is 8.08. The Morgan fingerprint density at radius 3 is 2.60 bits per heavy atom. The first-order chi connectivity index (χ1) is 9.51. The molecular weight excluding hydrogens is 244 g/mol. The van der Waals surface area contributed by atoms with E-state index in [2.05, 4.69) is 56.9 Å². The number of nitrogens with two attached hydrogens (primary N) is 1. The molecule has 1 saturated carbocycles. The van der Waals surface area contributed by atoms with E-state index in [4.69, 9.17) is 5.73 Å².